The maximum Gasteiger partial charge on any atom is 0.0601 e. The first-order valence-corrected chi connectivity index (χ1v) is 8.32. The third kappa shape index (κ3) is 3.22. The summed E-state index contributed by atoms with van der Waals surface area (Å²) in [6.45, 7) is 11.3. The molecule has 2 atom stereocenters. The Morgan fingerprint density at radius 2 is 2.24 bits per heavy atom. The van der Waals surface area contributed by atoms with Crippen LogP contribution in [0.2, 0.25) is 0 Å². The minimum Gasteiger partial charge on any atom is -0.364 e. The number of hydrogen-bond acceptors (Lipinski definition) is 4. The van der Waals surface area contributed by atoms with Gasteiger partial charge in [0.15, 0.2) is 0 Å². The van der Waals surface area contributed by atoms with Crippen molar-refractivity contribution >= 4 is 5.69 Å². The van der Waals surface area contributed by atoms with E-state index in [1.807, 2.05) is 6.20 Å². The Hall–Kier alpha value is -1.13. The molecule has 4 nitrogen and oxygen atoms in total. The van der Waals surface area contributed by atoms with E-state index in [0.29, 0.717) is 12.1 Å². The number of fused-ring (bicyclic) bond motifs is 1. The molecule has 0 bridgehead atoms. The predicted molar refractivity (Wildman–Crippen MR) is 87.6 cm³/mol. The number of piperazine rings is 1. The Balaban J connectivity index is 1.79. The molecule has 2 aliphatic rings. The van der Waals surface area contributed by atoms with Crippen LogP contribution in [-0.2, 0) is 6.54 Å². The average molecular weight is 288 g/mol. The van der Waals surface area contributed by atoms with Crippen molar-refractivity contribution in [2.45, 2.75) is 58.3 Å². The van der Waals surface area contributed by atoms with Crippen LogP contribution in [0, 0.1) is 0 Å². The maximum atomic E-state index is 4.38. The third-order valence-corrected chi connectivity index (χ3v) is 4.84. The van der Waals surface area contributed by atoms with Gasteiger partial charge in [-0.2, -0.15) is 0 Å². The number of anilines is 1. The zero-order valence-electron chi connectivity index (χ0n) is 13.5. The van der Waals surface area contributed by atoms with Gasteiger partial charge in [-0.3, -0.25) is 9.88 Å². The fourth-order valence-electron chi connectivity index (χ4n) is 3.66. The van der Waals surface area contributed by atoms with Gasteiger partial charge in [0.1, 0.15) is 0 Å². The lowest BCUT2D eigenvalue weighted by Gasteiger charge is -2.44. The molecule has 3 rings (SSSR count). The van der Waals surface area contributed by atoms with Crippen molar-refractivity contribution in [1.29, 1.82) is 0 Å². The van der Waals surface area contributed by atoms with E-state index >= 15 is 0 Å². The van der Waals surface area contributed by atoms with Gasteiger partial charge in [0.2, 0.25) is 0 Å². The third-order valence-electron chi connectivity index (χ3n) is 4.84. The first-order chi connectivity index (χ1) is 10.1. The van der Waals surface area contributed by atoms with Gasteiger partial charge in [0.25, 0.3) is 0 Å². The maximum absolute atomic E-state index is 4.38. The number of aromatic nitrogens is 1. The van der Waals surface area contributed by atoms with Crippen LogP contribution in [0.4, 0.5) is 5.69 Å². The van der Waals surface area contributed by atoms with Gasteiger partial charge in [-0.05, 0) is 37.9 Å². The zero-order chi connectivity index (χ0) is 14.8. The van der Waals surface area contributed by atoms with Gasteiger partial charge in [-0.25, -0.2) is 0 Å². The van der Waals surface area contributed by atoms with Crippen molar-refractivity contribution in [2.75, 3.05) is 24.5 Å². The molecule has 1 aromatic heterocycles. The van der Waals surface area contributed by atoms with Gasteiger partial charge >= 0.3 is 0 Å². The van der Waals surface area contributed by atoms with E-state index in [1.165, 1.54) is 37.2 Å². The first kappa shape index (κ1) is 14.8. The smallest absolute Gasteiger partial charge is 0.0601 e. The predicted octanol–water partition coefficient (Wildman–Crippen LogP) is 2.25. The molecule has 2 unspecified atom stereocenters. The Bertz CT molecular complexity index is 474. The fourth-order valence-corrected chi connectivity index (χ4v) is 3.66. The van der Waals surface area contributed by atoms with Gasteiger partial charge < -0.3 is 10.2 Å². The molecular formula is C17H28N4. The first-order valence-electron chi connectivity index (χ1n) is 8.32. The quantitative estimate of drug-likeness (QED) is 0.921. The summed E-state index contributed by atoms with van der Waals surface area (Å²) in [5, 5.41) is 3.54. The highest BCUT2D eigenvalue weighted by molar-refractivity contribution is 5.53. The van der Waals surface area contributed by atoms with Crippen molar-refractivity contribution in [3.63, 3.8) is 0 Å². The molecule has 0 amide bonds. The highest BCUT2D eigenvalue weighted by Gasteiger charge is 2.35. The second kappa shape index (κ2) is 6.32. The molecule has 0 saturated carbocycles. The average Bonchev–Trinajstić information content (AvgIpc) is 2.91. The van der Waals surface area contributed by atoms with Crippen LogP contribution in [0.25, 0.3) is 0 Å². The van der Waals surface area contributed by atoms with Crippen molar-refractivity contribution in [1.82, 2.24) is 15.2 Å². The second-order valence-corrected chi connectivity index (χ2v) is 6.83. The standard InChI is InChI=1S/C17H28N4/c1-13(2)19-9-15-6-7-18-10-17(15)21-12-16-5-4-8-20(16)11-14(21)3/h6-7,10,13-14,16,19H,4-5,8-9,11-12H2,1-3H3. The van der Waals surface area contributed by atoms with Crippen molar-refractivity contribution in [3.05, 3.63) is 24.0 Å². The van der Waals surface area contributed by atoms with E-state index in [9.17, 15) is 0 Å². The summed E-state index contributed by atoms with van der Waals surface area (Å²) in [6, 6.07) is 3.99. The normalized spacial score (nSPS) is 26.4. The second-order valence-electron chi connectivity index (χ2n) is 6.83. The molecule has 4 heteroatoms. The molecule has 2 fully saturated rings. The molecule has 2 saturated heterocycles. The largest absolute Gasteiger partial charge is 0.364 e. The summed E-state index contributed by atoms with van der Waals surface area (Å²) in [7, 11) is 0. The highest BCUT2D eigenvalue weighted by Crippen LogP contribution is 2.30. The van der Waals surface area contributed by atoms with Crippen LogP contribution < -0.4 is 10.2 Å². The van der Waals surface area contributed by atoms with Crippen molar-refractivity contribution in [3.8, 4) is 0 Å². The van der Waals surface area contributed by atoms with Crippen LogP contribution >= 0.6 is 0 Å². The molecule has 2 aliphatic heterocycles. The summed E-state index contributed by atoms with van der Waals surface area (Å²) < 4.78 is 0. The Morgan fingerprint density at radius 3 is 3.05 bits per heavy atom. The minimum atomic E-state index is 0.509. The van der Waals surface area contributed by atoms with Gasteiger partial charge in [-0.1, -0.05) is 13.8 Å². The van der Waals surface area contributed by atoms with Gasteiger partial charge in [-0.15, -0.1) is 0 Å². The summed E-state index contributed by atoms with van der Waals surface area (Å²) in [6.07, 6.45) is 6.68. The van der Waals surface area contributed by atoms with Crippen LogP contribution in [0.1, 0.15) is 39.2 Å². The van der Waals surface area contributed by atoms with E-state index in [0.717, 1.165) is 19.1 Å². The minimum absolute atomic E-state index is 0.509. The van der Waals surface area contributed by atoms with E-state index in [-0.39, 0.29) is 0 Å². The monoisotopic (exact) mass is 288 g/mol. The number of pyridine rings is 1. The summed E-state index contributed by atoms with van der Waals surface area (Å²) in [4.78, 5) is 9.63. The Labute approximate surface area is 128 Å². The fraction of sp³-hybridized carbons (Fsp3) is 0.706. The van der Waals surface area contributed by atoms with Crippen LogP contribution in [0.15, 0.2) is 18.5 Å². The number of nitrogens with one attached hydrogen (secondary N) is 1. The van der Waals surface area contributed by atoms with Gasteiger partial charge in [0.05, 0.1) is 11.9 Å². The molecule has 1 aromatic rings. The molecule has 21 heavy (non-hydrogen) atoms. The van der Waals surface area contributed by atoms with Crippen molar-refractivity contribution < 1.29 is 0 Å². The lowest BCUT2D eigenvalue weighted by Crippen LogP contribution is -2.55. The van der Waals surface area contributed by atoms with Crippen LogP contribution in [0.3, 0.4) is 0 Å². The molecule has 0 aliphatic carbocycles. The van der Waals surface area contributed by atoms with Crippen LogP contribution in [0.5, 0.6) is 0 Å². The lowest BCUT2D eigenvalue weighted by molar-refractivity contribution is 0.202. The Morgan fingerprint density at radius 1 is 1.38 bits per heavy atom. The highest BCUT2D eigenvalue weighted by atomic mass is 15.3. The molecule has 3 heterocycles. The van der Waals surface area contributed by atoms with Crippen molar-refractivity contribution in [2.24, 2.45) is 0 Å². The van der Waals surface area contributed by atoms with E-state index < -0.39 is 0 Å². The number of rotatable bonds is 4. The molecule has 0 spiro atoms. The summed E-state index contributed by atoms with van der Waals surface area (Å²) in [5.74, 6) is 0. The topological polar surface area (TPSA) is 31.4 Å². The molecule has 0 radical (unpaired) electrons. The van der Waals surface area contributed by atoms with E-state index in [4.69, 9.17) is 0 Å². The SMILES string of the molecule is CC(C)NCc1ccncc1N1CC2CCCN2CC1C. The van der Waals surface area contributed by atoms with Crippen LogP contribution in [-0.4, -0.2) is 47.6 Å². The number of nitrogens with zero attached hydrogens (tertiary/aromatic N) is 3. The molecule has 116 valence electrons. The lowest BCUT2D eigenvalue weighted by atomic mass is 10.1. The summed E-state index contributed by atoms with van der Waals surface area (Å²) >= 11 is 0. The van der Waals surface area contributed by atoms with Gasteiger partial charge in [0, 0.05) is 44.0 Å². The number of hydrogen-bond donors (Lipinski definition) is 1. The van der Waals surface area contributed by atoms with E-state index in [2.05, 4.69) is 53.1 Å². The van der Waals surface area contributed by atoms with E-state index in [1.54, 1.807) is 0 Å². The molecular weight excluding hydrogens is 260 g/mol. The molecule has 1 N–H and O–H groups in total. The summed E-state index contributed by atoms with van der Waals surface area (Å²) in [5.41, 5.74) is 2.70. The molecule has 0 aromatic carbocycles. The zero-order valence-corrected chi connectivity index (χ0v) is 13.5. The Kier molecular flexibility index (Phi) is 4.45.